The van der Waals surface area contributed by atoms with Crippen LogP contribution in [0.25, 0.3) is 5.65 Å². The zero-order valence-corrected chi connectivity index (χ0v) is 14.7. The fraction of sp³-hybridized carbons (Fsp3) is 0.368. The van der Waals surface area contributed by atoms with Gasteiger partial charge in [-0.15, -0.1) is 5.10 Å². The van der Waals surface area contributed by atoms with E-state index in [9.17, 15) is 17.6 Å². The number of fused-ring (bicyclic) bond motifs is 1. The van der Waals surface area contributed by atoms with Crippen LogP contribution in [0.2, 0.25) is 0 Å². The predicted octanol–water partition coefficient (Wildman–Crippen LogP) is 4.86. The van der Waals surface area contributed by atoms with Crippen molar-refractivity contribution in [2.24, 2.45) is 0 Å². The van der Waals surface area contributed by atoms with Crippen molar-refractivity contribution >= 4 is 5.65 Å². The Morgan fingerprint density at radius 1 is 1.00 bits per heavy atom. The fourth-order valence-corrected chi connectivity index (χ4v) is 3.10. The maximum absolute atomic E-state index is 13.6. The van der Waals surface area contributed by atoms with E-state index < -0.39 is 18.5 Å². The molecule has 0 fully saturated rings. The zero-order chi connectivity index (χ0) is 19.1. The average molecular weight is 365 g/mol. The monoisotopic (exact) mass is 365 g/mol. The van der Waals surface area contributed by atoms with Crippen LogP contribution < -0.4 is 0 Å². The number of hydrogen-bond acceptors (Lipinski definition) is 2. The number of alkyl halides is 3. The first-order chi connectivity index (χ1) is 12.0. The Morgan fingerprint density at radius 3 is 2.19 bits per heavy atom. The third-order valence-corrected chi connectivity index (χ3v) is 4.06. The lowest BCUT2D eigenvalue weighted by atomic mass is 9.87. The molecule has 0 saturated carbocycles. The molecule has 1 aromatic carbocycles. The van der Waals surface area contributed by atoms with E-state index in [-0.39, 0.29) is 11.0 Å². The summed E-state index contributed by atoms with van der Waals surface area (Å²) in [6, 6.07) is 7.60. The van der Waals surface area contributed by atoms with Crippen molar-refractivity contribution in [3.05, 3.63) is 64.9 Å². The highest BCUT2D eigenvalue weighted by molar-refractivity contribution is 5.43. The average Bonchev–Trinajstić information content (AvgIpc) is 2.86. The largest absolute Gasteiger partial charge is 0.393 e. The number of nitrogens with zero attached hydrogens (tertiary/aromatic N) is 3. The summed E-state index contributed by atoms with van der Waals surface area (Å²) >= 11 is 0. The minimum absolute atomic E-state index is 0.222. The van der Waals surface area contributed by atoms with Crippen molar-refractivity contribution in [2.45, 2.75) is 45.2 Å². The van der Waals surface area contributed by atoms with Crippen LogP contribution in [0.1, 0.15) is 43.2 Å². The van der Waals surface area contributed by atoms with Crippen LogP contribution in [0.15, 0.2) is 36.5 Å². The fourth-order valence-electron chi connectivity index (χ4n) is 3.10. The number of halogens is 4. The Bertz CT molecular complexity index is 919. The summed E-state index contributed by atoms with van der Waals surface area (Å²) in [6.07, 6.45) is -3.01. The lowest BCUT2D eigenvalue weighted by molar-refractivity contribution is -0.127. The first-order valence-electron chi connectivity index (χ1n) is 8.21. The number of hydrogen-bond donors (Lipinski definition) is 0. The van der Waals surface area contributed by atoms with Gasteiger partial charge in [0.2, 0.25) is 5.95 Å². The number of benzene rings is 1. The predicted molar refractivity (Wildman–Crippen MR) is 90.7 cm³/mol. The molecule has 2 heterocycles. The van der Waals surface area contributed by atoms with Crippen LogP contribution in [0.5, 0.6) is 0 Å². The van der Waals surface area contributed by atoms with Crippen LogP contribution in [0.4, 0.5) is 17.6 Å². The van der Waals surface area contributed by atoms with E-state index >= 15 is 0 Å². The molecule has 0 spiro atoms. The van der Waals surface area contributed by atoms with Crippen LogP contribution in [0, 0.1) is 5.95 Å². The lowest BCUT2D eigenvalue weighted by Gasteiger charge is -2.23. The highest BCUT2D eigenvalue weighted by Crippen LogP contribution is 2.28. The van der Waals surface area contributed by atoms with Crippen molar-refractivity contribution in [2.75, 3.05) is 0 Å². The van der Waals surface area contributed by atoms with Gasteiger partial charge in [0.25, 0.3) is 0 Å². The molecule has 138 valence electrons. The summed E-state index contributed by atoms with van der Waals surface area (Å²) in [5.41, 5.74) is 2.87. The van der Waals surface area contributed by atoms with Gasteiger partial charge in [-0.05, 0) is 16.7 Å². The van der Waals surface area contributed by atoms with Crippen LogP contribution in [-0.4, -0.2) is 20.8 Å². The SMILES string of the molecule is CC(C)(C)c1c(Cc2ccc(CC(F)(F)F)cc2)cnc2cc(F)nn12. The van der Waals surface area contributed by atoms with Gasteiger partial charge in [-0.1, -0.05) is 45.0 Å². The molecule has 3 nitrogen and oxygen atoms in total. The first-order valence-corrected chi connectivity index (χ1v) is 8.21. The minimum atomic E-state index is -4.22. The van der Waals surface area contributed by atoms with Gasteiger partial charge in [-0.3, -0.25) is 0 Å². The zero-order valence-electron chi connectivity index (χ0n) is 14.7. The van der Waals surface area contributed by atoms with E-state index in [0.29, 0.717) is 12.1 Å². The topological polar surface area (TPSA) is 30.2 Å². The number of rotatable bonds is 3. The Hall–Kier alpha value is -2.44. The molecule has 0 aliphatic carbocycles. The molecule has 7 heteroatoms. The summed E-state index contributed by atoms with van der Waals surface area (Å²) in [6.45, 7) is 5.99. The molecule has 3 aromatic rings. The summed E-state index contributed by atoms with van der Waals surface area (Å²) in [7, 11) is 0. The maximum atomic E-state index is 13.6. The molecule has 3 rings (SSSR count). The summed E-state index contributed by atoms with van der Waals surface area (Å²) in [4.78, 5) is 4.25. The Labute approximate surface area is 148 Å². The van der Waals surface area contributed by atoms with E-state index in [1.807, 2.05) is 20.8 Å². The molecule has 0 aliphatic rings. The molecular formula is C19H19F4N3. The summed E-state index contributed by atoms with van der Waals surface area (Å²) in [5, 5.41) is 3.90. The van der Waals surface area contributed by atoms with Gasteiger partial charge in [-0.25, -0.2) is 9.50 Å². The van der Waals surface area contributed by atoms with Crippen LogP contribution in [0.3, 0.4) is 0 Å². The highest BCUT2D eigenvalue weighted by atomic mass is 19.4. The van der Waals surface area contributed by atoms with Gasteiger partial charge >= 0.3 is 6.18 Å². The molecular weight excluding hydrogens is 346 g/mol. The van der Waals surface area contributed by atoms with E-state index in [2.05, 4.69) is 10.1 Å². The van der Waals surface area contributed by atoms with E-state index in [1.165, 1.54) is 22.7 Å². The van der Waals surface area contributed by atoms with Gasteiger partial charge in [0, 0.05) is 24.1 Å². The quantitative estimate of drug-likeness (QED) is 0.621. The Balaban J connectivity index is 1.96. The molecule has 0 atom stereocenters. The van der Waals surface area contributed by atoms with Gasteiger partial charge in [0.1, 0.15) is 0 Å². The highest BCUT2D eigenvalue weighted by Gasteiger charge is 2.27. The van der Waals surface area contributed by atoms with E-state index in [4.69, 9.17) is 0 Å². The molecule has 2 aromatic heterocycles. The molecule has 0 radical (unpaired) electrons. The van der Waals surface area contributed by atoms with Gasteiger partial charge in [0.05, 0.1) is 12.1 Å². The molecule has 0 unspecified atom stereocenters. The summed E-state index contributed by atoms with van der Waals surface area (Å²) < 4.78 is 52.5. The van der Waals surface area contributed by atoms with E-state index in [1.54, 1.807) is 18.3 Å². The van der Waals surface area contributed by atoms with Gasteiger partial charge in [-0.2, -0.15) is 17.6 Å². The Morgan fingerprint density at radius 2 is 1.62 bits per heavy atom. The summed E-state index contributed by atoms with van der Waals surface area (Å²) in [5.74, 6) is -0.600. The molecule has 26 heavy (non-hydrogen) atoms. The standard InChI is InChI=1S/C19H19F4N3/c1-18(2,3)17-14(11-24-16-9-15(20)25-26(16)17)8-12-4-6-13(7-5-12)10-19(21,22)23/h4-7,9,11H,8,10H2,1-3H3. The van der Waals surface area contributed by atoms with Gasteiger partial charge < -0.3 is 0 Å². The van der Waals surface area contributed by atoms with Crippen molar-refractivity contribution in [1.29, 1.82) is 0 Å². The molecule has 0 amide bonds. The Kier molecular flexibility index (Phi) is 4.50. The molecule has 0 aliphatic heterocycles. The second kappa shape index (κ2) is 6.37. The third kappa shape index (κ3) is 4.03. The lowest BCUT2D eigenvalue weighted by Crippen LogP contribution is -2.21. The third-order valence-electron chi connectivity index (χ3n) is 4.06. The first kappa shape index (κ1) is 18.4. The normalized spacial score (nSPS) is 12.7. The van der Waals surface area contributed by atoms with Crippen molar-refractivity contribution < 1.29 is 17.6 Å². The van der Waals surface area contributed by atoms with Crippen molar-refractivity contribution in [3.63, 3.8) is 0 Å². The van der Waals surface area contributed by atoms with Crippen LogP contribution >= 0.6 is 0 Å². The molecule has 0 bridgehead atoms. The second-order valence-electron chi connectivity index (χ2n) is 7.40. The second-order valence-corrected chi connectivity index (χ2v) is 7.40. The van der Waals surface area contributed by atoms with Crippen molar-refractivity contribution in [1.82, 2.24) is 14.6 Å². The van der Waals surface area contributed by atoms with Crippen LogP contribution in [-0.2, 0) is 18.3 Å². The smallest absolute Gasteiger partial charge is 0.237 e. The molecule has 0 saturated heterocycles. The number of aromatic nitrogens is 3. The molecule has 0 N–H and O–H groups in total. The maximum Gasteiger partial charge on any atom is 0.393 e. The van der Waals surface area contributed by atoms with Crippen molar-refractivity contribution in [3.8, 4) is 0 Å². The van der Waals surface area contributed by atoms with Gasteiger partial charge in [0.15, 0.2) is 5.65 Å². The van der Waals surface area contributed by atoms with E-state index in [0.717, 1.165) is 16.8 Å². The minimum Gasteiger partial charge on any atom is -0.237 e.